The maximum atomic E-state index is 12.6. The van der Waals surface area contributed by atoms with Crippen LogP contribution in [-0.4, -0.2) is 57.6 Å². The zero-order valence-corrected chi connectivity index (χ0v) is 15.8. The van der Waals surface area contributed by atoms with Gasteiger partial charge < -0.3 is 24.3 Å². The Morgan fingerprint density at radius 3 is 2.20 bits per heavy atom. The Balaban J connectivity index is 2.38. The van der Waals surface area contributed by atoms with Crippen LogP contribution in [0, 0.1) is 0 Å². The molecule has 0 aliphatic carbocycles. The summed E-state index contributed by atoms with van der Waals surface area (Å²) in [6.07, 6.45) is -0.326. The molecule has 7 heteroatoms. The smallest absolute Gasteiger partial charge is 0.410 e. The van der Waals surface area contributed by atoms with Crippen LogP contribution in [0.25, 0.3) is 0 Å². The van der Waals surface area contributed by atoms with Crippen LogP contribution in [0.4, 0.5) is 4.79 Å². The van der Waals surface area contributed by atoms with Crippen molar-refractivity contribution in [1.82, 2.24) is 10.2 Å². The molecule has 25 heavy (non-hydrogen) atoms. The standard InChI is InChI=1S/C18H28N2O5/c1-18(2,3)25-17(21)20-8-7-19-11-13(20)12-9-14(22-4)16(24-6)15(10-12)23-5/h9-10,13,19H,7-8,11H2,1-6H3/t13-/m1/s1. The highest BCUT2D eigenvalue weighted by atomic mass is 16.6. The topological polar surface area (TPSA) is 69.3 Å². The molecule has 1 aromatic rings. The Morgan fingerprint density at radius 1 is 1.12 bits per heavy atom. The second kappa shape index (κ2) is 7.82. The van der Waals surface area contributed by atoms with Crippen molar-refractivity contribution in [3.8, 4) is 17.2 Å². The number of hydrogen-bond donors (Lipinski definition) is 1. The summed E-state index contributed by atoms with van der Waals surface area (Å²) in [6, 6.07) is 3.56. The third kappa shape index (κ3) is 4.48. The average Bonchev–Trinajstić information content (AvgIpc) is 2.58. The van der Waals surface area contributed by atoms with Crippen LogP contribution in [0.1, 0.15) is 32.4 Å². The molecule has 1 atom stereocenters. The van der Waals surface area contributed by atoms with E-state index in [-0.39, 0.29) is 12.1 Å². The van der Waals surface area contributed by atoms with E-state index in [9.17, 15) is 4.79 Å². The van der Waals surface area contributed by atoms with Crippen molar-refractivity contribution in [3.05, 3.63) is 17.7 Å². The highest BCUT2D eigenvalue weighted by Crippen LogP contribution is 2.41. The minimum atomic E-state index is -0.540. The lowest BCUT2D eigenvalue weighted by Gasteiger charge is -2.37. The largest absolute Gasteiger partial charge is 0.493 e. The number of rotatable bonds is 4. The van der Waals surface area contributed by atoms with E-state index in [1.54, 1.807) is 26.2 Å². The first-order valence-corrected chi connectivity index (χ1v) is 8.31. The Hall–Kier alpha value is -2.15. The molecule has 1 saturated heterocycles. The zero-order valence-electron chi connectivity index (χ0n) is 15.8. The van der Waals surface area contributed by atoms with E-state index >= 15 is 0 Å². The number of carbonyl (C=O) groups excluding carboxylic acids is 1. The van der Waals surface area contributed by atoms with Crippen LogP contribution < -0.4 is 19.5 Å². The third-order valence-corrected chi connectivity index (χ3v) is 3.94. The summed E-state index contributed by atoms with van der Waals surface area (Å²) in [5.74, 6) is 1.65. The summed E-state index contributed by atoms with van der Waals surface area (Å²) < 4.78 is 21.8. The number of benzene rings is 1. The summed E-state index contributed by atoms with van der Waals surface area (Å²) in [5, 5.41) is 3.32. The van der Waals surface area contributed by atoms with Crippen LogP contribution in [0.5, 0.6) is 17.2 Å². The van der Waals surface area contributed by atoms with Crippen molar-refractivity contribution >= 4 is 6.09 Å². The molecule has 0 radical (unpaired) electrons. The number of ether oxygens (including phenoxy) is 4. The summed E-state index contributed by atoms with van der Waals surface area (Å²) in [6.45, 7) is 7.50. The molecule has 7 nitrogen and oxygen atoms in total. The normalized spacial score (nSPS) is 17.8. The van der Waals surface area contributed by atoms with E-state index < -0.39 is 5.60 Å². The number of piperazine rings is 1. The number of carbonyl (C=O) groups is 1. The molecule has 1 fully saturated rings. The fourth-order valence-corrected chi connectivity index (χ4v) is 2.83. The molecule has 2 rings (SSSR count). The van der Waals surface area contributed by atoms with Gasteiger partial charge in [0.15, 0.2) is 11.5 Å². The fourth-order valence-electron chi connectivity index (χ4n) is 2.83. The Morgan fingerprint density at radius 2 is 1.72 bits per heavy atom. The van der Waals surface area contributed by atoms with E-state index in [1.807, 2.05) is 32.9 Å². The van der Waals surface area contributed by atoms with Gasteiger partial charge in [0.05, 0.1) is 27.4 Å². The zero-order chi connectivity index (χ0) is 18.6. The molecule has 140 valence electrons. The van der Waals surface area contributed by atoms with Crippen LogP contribution >= 0.6 is 0 Å². The van der Waals surface area contributed by atoms with Gasteiger partial charge in [-0.1, -0.05) is 0 Å². The van der Waals surface area contributed by atoms with Crippen LogP contribution in [0.3, 0.4) is 0 Å². The quantitative estimate of drug-likeness (QED) is 0.898. The molecule has 1 aromatic carbocycles. The second-order valence-electron chi connectivity index (χ2n) is 6.85. The lowest BCUT2D eigenvalue weighted by Crippen LogP contribution is -2.50. The highest BCUT2D eigenvalue weighted by molar-refractivity contribution is 5.69. The van der Waals surface area contributed by atoms with Gasteiger partial charge in [-0.25, -0.2) is 4.79 Å². The monoisotopic (exact) mass is 352 g/mol. The predicted molar refractivity (Wildman–Crippen MR) is 94.6 cm³/mol. The van der Waals surface area contributed by atoms with E-state index in [2.05, 4.69) is 5.32 Å². The van der Waals surface area contributed by atoms with E-state index in [4.69, 9.17) is 18.9 Å². The molecule has 1 amide bonds. The molecular weight excluding hydrogens is 324 g/mol. The summed E-state index contributed by atoms with van der Waals surface area (Å²) in [4.78, 5) is 14.4. The SMILES string of the molecule is COc1cc([C@H]2CNCCN2C(=O)OC(C)(C)C)cc(OC)c1OC. The van der Waals surface area contributed by atoms with Gasteiger partial charge in [0.25, 0.3) is 0 Å². The predicted octanol–water partition coefficient (Wildman–Crippen LogP) is 2.59. The van der Waals surface area contributed by atoms with E-state index in [0.29, 0.717) is 30.3 Å². The number of nitrogens with one attached hydrogen (secondary N) is 1. The van der Waals surface area contributed by atoms with Crippen molar-refractivity contribution in [2.45, 2.75) is 32.4 Å². The van der Waals surface area contributed by atoms with Crippen molar-refractivity contribution < 1.29 is 23.7 Å². The van der Waals surface area contributed by atoms with Gasteiger partial charge in [-0.15, -0.1) is 0 Å². The van der Waals surface area contributed by atoms with Crippen molar-refractivity contribution in [3.63, 3.8) is 0 Å². The van der Waals surface area contributed by atoms with E-state index in [0.717, 1.165) is 12.1 Å². The molecule has 1 aliphatic rings. The fraction of sp³-hybridized carbons (Fsp3) is 0.611. The summed E-state index contributed by atoms with van der Waals surface area (Å²) in [5.41, 5.74) is 0.356. The molecule has 1 aliphatic heterocycles. The molecule has 1 N–H and O–H groups in total. The van der Waals surface area contributed by atoms with Gasteiger partial charge >= 0.3 is 6.09 Å². The average molecular weight is 352 g/mol. The van der Waals surface area contributed by atoms with Gasteiger partial charge in [0, 0.05) is 19.6 Å². The number of methoxy groups -OCH3 is 3. The molecule has 0 bridgehead atoms. The molecule has 0 aromatic heterocycles. The van der Waals surface area contributed by atoms with Gasteiger partial charge in [0.1, 0.15) is 5.60 Å². The Kier molecular flexibility index (Phi) is 6.00. The maximum Gasteiger partial charge on any atom is 0.410 e. The Labute approximate surface area is 149 Å². The van der Waals surface area contributed by atoms with E-state index in [1.165, 1.54) is 0 Å². The Bertz CT molecular complexity index is 587. The molecule has 0 saturated carbocycles. The first-order chi connectivity index (χ1) is 11.8. The number of amides is 1. The molecular formula is C18H28N2O5. The highest BCUT2D eigenvalue weighted by Gasteiger charge is 2.32. The molecule has 0 unspecified atom stereocenters. The van der Waals surface area contributed by atoms with Crippen molar-refractivity contribution in [2.24, 2.45) is 0 Å². The first kappa shape index (κ1) is 19.2. The van der Waals surface area contributed by atoms with Crippen molar-refractivity contribution in [1.29, 1.82) is 0 Å². The summed E-state index contributed by atoms with van der Waals surface area (Å²) in [7, 11) is 4.72. The lowest BCUT2D eigenvalue weighted by atomic mass is 10.0. The second-order valence-corrected chi connectivity index (χ2v) is 6.85. The first-order valence-electron chi connectivity index (χ1n) is 8.31. The van der Waals surface area contributed by atoms with Gasteiger partial charge in [0.2, 0.25) is 5.75 Å². The minimum absolute atomic E-state index is 0.183. The van der Waals surface area contributed by atoms with Gasteiger partial charge in [-0.05, 0) is 38.5 Å². The number of hydrogen-bond acceptors (Lipinski definition) is 6. The maximum absolute atomic E-state index is 12.6. The van der Waals surface area contributed by atoms with Crippen molar-refractivity contribution in [2.75, 3.05) is 41.0 Å². The third-order valence-electron chi connectivity index (χ3n) is 3.94. The van der Waals surface area contributed by atoms with Crippen LogP contribution in [0.2, 0.25) is 0 Å². The summed E-state index contributed by atoms with van der Waals surface area (Å²) >= 11 is 0. The lowest BCUT2D eigenvalue weighted by molar-refractivity contribution is 0.0117. The minimum Gasteiger partial charge on any atom is -0.493 e. The van der Waals surface area contributed by atoms with Gasteiger partial charge in [-0.2, -0.15) is 0 Å². The van der Waals surface area contributed by atoms with Crippen LogP contribution in [0.15, 0.2) is 12.1 Å². The number of nitrogens with zero attached hydrogens (tertiary/aromatic N) is 1. The van der Waals surface area contributed by atoms with Crippen LogP contribution in [-0.2, 0) is 4.74 Å². The molecule has 1 heterocycles. The van der Waals surface area contributed by atoms with Gasteiger partial charge in [-0.3, -0.25) is 4.90 Å². The molecule has 0 spiro atoms.